The van der Waals surface area contributed by atoms with E-state index in [1.54, 1.807) is 27.0 Å². The van der Waals surface area contributed by atoms with Gasteiger partial charge in [0.15, 0.2) is 16.7 Å². The number of thiocarbonyl (C=S) groups is 1. The number of pyridine rings is 1. The summed E-state index contributed by atoms with van der Waals surface area (Å²) >= 11 is 5.38. The second-order valence-electron chi connectivity index (χ2n) is 18.9. The molecular weight excluding hydrogens is 993 g/mol. The number of aliphatic hydroxyl groups excluding tert-OH is 1. The molecule has 7 rings (SSSR count). The molecule has 0 saturated carbocycles. The van der Waals surface area contributed by atoms with Gasteiger partial charge >= 0.3 is 12.4 Å². The van der Waals surface area contributed by atoms with E-state index in [0.717, 1.165) is 34.9 Å². The molecule has 2 aromatic heterocycles. The number of likely N-dealkylation sites (tertiary alicyclic amines) is 1. The van der Waals surface area contributed by atoms with Gasteiger partial charge in [-0.25, -0.2) is 13.8 Å². The molecule has 23 heteroatoms. The number of rotatable bonds is 15. The van der Waals surface area contributed by atoms with Gasteiger partial charge in [0, 0.05) is 43.0 Å². The standard InChI is InChI=1S/C50H48F8N8O6S/c1-47(2,3)42(44(69)64-25-30(67)20-37(64)43-61-24-35(62-43)27-11-7-6-8-12-27)63-38(68)26-71-17-9-10-18-72-31-14-15-32(33(21-31)49(53,54)55)41-34(51)19-29(23-60-41)66-46(73)65(45(70)48(66,4)5)36-16-13-28(22-59)39(40(36)52)50(56,57)58/h6-8,11-16,19,21,23-24,30,37,42,67H,9-10,17-18,20,25-26H2,1-5H3,(H,61,62)(H,63,68)/t30-,37+,42-/m1/s1. The Balaban J connectivity index is 0.941. The number of aromatic nitrogens is 3. The lowest BCUT2D eigenvalue weighted by atomic mass is 9.85. The van der Waals surface area contributed by atoms with Crippen molar-refractivity contribution < 1.29 is 64.1 Å². The van der Waals surface area contributed by atoms with Crippen LogP contribution in [0.2, 0.25) is 0 Å². The van der Waals surface area contributed by atoms with E-state index in [0.29, 0.717) is 35.0 Å². The molecular formula is C50H48F8N8O6S. The van der Waals surface area contributed by atoms with Crippen LogP contribution in [0.5, 0.6) is 5.75 Å². The molecule has 2 aliphatic heterocycles. The summed E-state index contributed by atoms with van der Waals surface area (Å²) in [6.45, 7) is 7.49. The fraction of sp³-hybridized carbons (Fsp3) is 0.380. The molecule has 4 heterocycles. The van der Waals surface area contributed by atoms with Gasteiger partial charge < -0.3 is 34.7 Å². The molecule has 5 aromatic rings. The highest BCUT2D eigenvalue weighted by atomic mass is 32.1. The number of hydrogen-bond donors (Lipinski definition) is 3. The third kappa shape index (κ3) is 11.3. The van der Waals surface area contributed by atoms with Crippen LogP contribution >= 0.6 is 12.2 Å². The highest BCUT2D eigenvalue weighted by molar-refractivity contribution is 7.81. The molecule has 3 N–H and O–H groups in total. The van der Waals surface area contributed by atoms with Gasteiger partial charge in [0.25, 0.3) is 5.91 Å². The number of β-amino-alcohol motifs (C(OH)–C–C–N with tert-alkyl or cyclic N) is 1. The number of nitrogens with zero attached hydrogens (tertiary/aromatic N) is 6. The van der Waals surface area contributed by atoms with Crippen molar-refractivity contribution in [1.82, 2.24) is 25.2 Å². The Morgan fingerprint density at radius 3 is 2.34 bits per heavy atom. The first-order valence-electron chi connectivity index (χ1n) is 22.7. The van der Waals surface area contributed by atoms with Crippen molar-refractivity contribution in [3.05, 3.63) is 113 Å². The molecule has 0 aliphatic carbocycles. The van der Waals surface area contributed by atoms with Crippen LogP contribution in [0.4, 0.5) is 46.5 Å². The summed E-state index contributed by atoms with van der Waals surface area (Å²) in [4.78, 5) is 55.4. The number of ether oxygens (including phenoxy) is 2. The lowest BCUT2D eigenvalue weighted by Crippen LogP contribution is -2.55. The zero-order chi connectivity index (χ0) is 53.4. The van der Waals surface area contributed by atoms with Gasteiger partial charge in [-0.1, -0.05) is 51.1 Å². The van der Waals surface area contributed by atoms with Crippen molar-refractivity contribution >= 4 is 46.4 Å². The molecule has 0 radical (unpaired) electrons. The van der Waals surface area contributed by atoms with E-state index < -0.39 is 116 Å². The third-order valence-corrected chi connectivity index (χ3v) is 12.6. The molecule has 2 saturated heterocycles. The third-order valence-electron chi connectivity index (χ3n) is 12.2. The smallest absolute Gasteiger partial charge is 0.420 e. The summed E-state index contributed by atoms with van der Waals surface area (Å²) in [6.07, 6.45) is -7.71. The van der Waals surface area contributed by atoms with Gasteiger partial charge in [-0.2, -0.15) is 31.6 Å². The van der Waals surface area contributed by atoms with Gasteiger partial charge in [-0.05, 0) is 74.7 Å². The fourth-order valence-electron chi connectivity index (χ4n) is 8.61. The molecule has 386 valence electrons. The second-order valence-corrected chi connectivity index (χ2v) is 19.3. The van der Waals surface area contributed by atoms with Crippen LogP contribution in [0.15, 0.2) is 79.1 Å². The molecule has 0 unspecified atom stereocenters. The number of H-pyrrole nitrogens is 1. The predicted molar refractivity (Wildman–Crippen MR) is 253 cm³/mol. The zero-order valence-electron chi connectivity index (χ0n) is 39.8. The number of carbonyl (C=O) groups excluding carboxylic acids is 3. The molecule has 2 fully saturated rings. The van der Waals surface area contributed by atoms with E-state index in [9.17, 15) is 45.8 Å². The van der Waals surface area contributed by atoms with Gasteiger partial charge in [0.05, 0.1) is 59.2 Å². The number of benzene rings is 3. The number of alkyl halides is 6. The van der Waals surface area contributed by atoms with E-state index >= 15 is 8.78 Å². The van der Waals surface area contributed by atoms with Crippen molar-refractivity contribution in [2.75, 3.05) is 36.2 Å². The fourth-order valence-corrected chi connectivity index (χ4v) is 9.13. The van der Waals surface area contributed by atoms with E-state index in [1.807, 2.05) is 30.3 Å². The molecule has 14 nitrogen and oxygen atoms in total. The Labute approximate surface area is 418 Å². The monoisotopic (exact) mass is 1040 g/mol. The van der Waals surface area contributed by atoms with E-state index in [4.69, 9.17) is 27.0 Å². The maximum Gasteiger partial charge on any atom is 0.420 e. The molecule has 73 heavy (non-hydrogen) atoms. The average molecular weight is 1040 g/mol. The van der Waals surface area contributed by atoms with Crippen LogP contribution in [0, 0.1) is 28.4 Å². The molecule has 2 aliphatic rings. The van der Waals surface area contributed by atoms with Crippen molar-refractivity contribution in [1.29, 1.82) is 5.26 Å². The number of hydrogen-bond acceptors (Lipinski definition) is 10. The van der Waals surface area contributed by atoms with Crippen LogP contribution in [0.25, 0.3) is 22.5 Å². The largest absolute Gasteiger partial charge is 0.494 e. The minimum atomic E-state index is -5.33. The zero-order valence-corrected chi connectivity index (χ0v) is 40.6. The van der Waals surface area contributed by atoms with Gasteiger partial charge in [-0.3, -0.25) is 24.3 Å². The number of unbranched alkanes of at least 4 members (excludes halogenated alkanes) is 1. The van der Waals surface area contributed by atoms with Crippen LogP contribution in [0.1, 0.15) is 82.4 Å². The van der Waals surface area contributed by atoms with Gasteiger partial charge in [0.2, 0.25) is 11.8 Å². The van der Waals surface area contributed by atoms with Crippen molar-refractivity contribution in [3.8, 4) is 34.3 Å². The Kier molecular flexibility index (Phi) is 15.3. The number of aliphatic hydroxyl groups is 1. The quantitative estimate of drug-likeness (QED) is 0.0518. The van der Waals surface area contributed by atoms with Crippen molar-refractivity contribution in [3.63, 3.8) is 0 Å². The number of nitriles is 1. The first kappa shape index (κ1) is 53.8. The Morgan fingerprint density at radius 1 is 1.00 bits per heavy atom. The van der Waals surface area contributed by atoms with E-state index in [-0.39, 0.29) is 44.0 Å². The second kappa shape index (κ2) is 20.8. The number of nitrogens with one attached hydrogen (secondary N) is 2. The van der Waals surface area contributed by atoms with Crippen LogP contribution in [0.3, 0.4) is 0 Å². The predicted octanol–water partition coefficient (Wildman–Crippen LogP) is 9.28. The lowest BCUT2D eigenvalue weighted by Gasteiger charge is -2.35. The van der Waals surface area contributed by atoms with Crippen molar-refractivity contribution in [2.45, 2.75) is 90.0 Å². The van der Waals surface area contributed by atoms with Crippen molar-refractivity contribution in [2.24, 2.45) is 5.41 Å². The lowest BCUT2D eigenvalue weighted by molar-refractivity contribution is -0.141. The number of imidazole rings is 1. The highest BCUT2D eigenvalue weighted by Gasteiger charge is 2.52. The van der Waals surface area contributed by atoms with Crippen LogP contribution in [-0.4, -0.2) is 91.8 Å². The Bertz CT molecular complexity index is 2960. The van der Waals surface area contributed by atoms with Crippen LogP contribution < -0.4 is 19.9 Å². The summed E-state index contributed by atoms with van der Waals surface area (Å²) in [5.74, 6) is -5.00. The minimum absolute atomic E-state index is 0.0377. The summed E-state index contributed by atoms with van der Waals surface area (Å²) in [7, 11) is 0. The number of aromatic amines is 1. The van der Waals surface area contributed by atoms with Crippen LogP contribution in [-0.2, 0) is 31.5 Å². The number of amides is 3. The van der Waals surface area contributed by atoms with Gasteiger partial charge in [0.1, 0.15) is 41.0 Å². The Hall–Kier alpha value is -7.03. The molecule has 0 spiro atoms. The SMILES string of the molecule is CC(C)(C)[C@H](NC(=O)COCCCCOc1ccc(-c2ncc(N3C(=S)N(c4ccc(C#N)c(C(F)(F)F)c4F)C(=O)C3(C)C)cc2F)c(C(F)(F)F)c1)C(=O)N1C[C@H](O)C[C@H]1c1nc(-c2ccccc2)c[nH]1. The summed E-state index contributed by atoms with van der Waals surface area (Å²) in [5, 5.41) is 21.9. The molecule has 3 atom stereocenters. The normalized spacial score (nSPS) is 17.5. The van der Waals surface area contributed by atoms with Gasteiger partial charge in [-0.15, -0.1) is 0 Å². The maximum atomic E-state index is 15.9. The summed E-state index contributed by atoms with van der Waals surface area (Å²) in [6, 6.07) is 14.1. The average Bonchev–Trinajstić information content (AvgIpc) is 4.01. The molecule has 3 amide bonds. The van der Waals surface area contributed by atoms with E-state index in [2.05, 4.69) is 20.3 Å². The Morgan fingerprint density at radius 2 is 1.70 bits per heavy atom. The number of halogens is 8. The summed E-state index contributed by atoms with van der Waals surface area (Å²) in [5.41, 5.74) is -7.96. The molecule has 0 bridgehead atoms. The first-order valence-corrected chi connectivity index (χ1v) is 23.1. The topological polar surface area (TPSA) is 177 Å². The summed E-state index contributed by atoms with van der Waals surface area (Å²) < 4.78 is 127. The first-order chi connectivity index (χ1) is 34.2. The highest BCUT2D eigenvalue weighted by Crippen LogP contribution is 2.44. The maximum absolute atomic E-state index is 15.9. The van der Waals surface area contributed by atoms with E-state index in [1.165, 1.54) is 30.9 Å². The number of carbonyl (C=O) groups is 3. The minimum Gasteiger partial charge on any atom is -0.494 e. The number of anilines is 2. The molecule has 3 aromatic carbocycles.